The molecular weight excluding hydrogens is 298 g/mol. The van der Waals surface area contributed by atoms with Crippen LogP contribution in [0.2, 0.25) is 0 Å². The molecule has 1 N–H and O–H groups in total. The summed E-state index contributed by atoms with van der Waals surface area (Å²) >= 11 is 0. The van der Waals surface area contributed by atoms with Gasteiger partial charge in [-0.15, -0.1) is 0 Å². The Morgan fingerprint density at radius 3 is 2.04 bits per heavy atom. The number of nitrogens with one attached hydrogen (secondary N) is 1. The van der Waals surface area contributed by atoms with Crippen LogP contribution in [0, 0.1) is 31.6 Å². The topological polar surface area (TPSA) is 38.3 Å². The summed E-state index contributed by atoms with van der Waals surface area (Å²) < 4.78 is 5.94. The maximum atomic E-state index is 12.8. The molecule has 4 bridgehead atoms. The molecule has 1 aromatic carbocycles. The van der Waals surface area contributed by atoms with E-state index in [1.807, 2.05) is 19.1 Å². The van der Waals surface area contributed by atoms with Crippen molar-refractivity contribution in [3.63, 3.8) is 0 Å². The monoisotopic (exact) mass is 327 g/mol. The van der Waals surface area contributed by atoms with Gasteiger partial charge in [0.05, 0.1) is 0 Å². The Morgan fingerprint density at radius 1 is 1.04 bits per heavy atom. The lowest BCUT2D eigenvalue weighted by molar-refractivity contribution is -0.133. The number of hydrogen-bond donors (Lipinski definition) is 1. The van der Waals surface area contributed by atoms with Gasteiger partial charge in [0.2, 0.25) is 0 Å². The van der Waals surface area contributed by atoms with E-state index in [0.717, 1.165) is 23.5 Å². The van der Waals surface area contributed by atoms with Gasteiger partial charge in [-0.3, -0.25) is 4.79 Å². The molecule has 0 aliphatic heterocycles. The molecule has 24 heavy (non-hydrogen) atoms. The molecule has 0 radical (unpaired) electrons. The van der Waals surface area contributed by atoms with Crippen LogP contribution in [0.3, 0.4) is 0 Å². The molecule has 4 fully saturated rings. The van der Waals surface area contributed by atoms with Gasteiger partial charge in [0.25, 0.3) is 5.91 Å². The van der Waals surface area contributed by atoms with Crippen LogP contribution in [0.5, 0.6) is 5.75 Å². The third kappa shape index (κ3) is 3.05. The Hall–Kier alpha value is -1.51. The van der Waals surface area contributed by atoms with Crippen LogP contribution in [-0.4, -0.2) is 17.6 Å². The van der Waals surface area contributed by atoms with E-state index >= 15 is 0 Å². The number of amides is 1. The second-order valence-corrected chi connectivity index (χ2v) is 8.77. The van der Waals surface area contributed by atoms with Crippen LogP contribution < -0.4 is 10.1 Å². The minimum absolute atomic E-state index is 0.0520. The van der Waals surface area contributed by atoms with Crippen LogP contribution >= 0.6 is 0 Å². The minimum Gasteiger partial charge on any atom is -0.481 e. The molecule has 4 saturated carbocycles. The summed E-state index contributed by atoms with van der Waals surface area (Å²) in [4.78, 5) is 12.8. The predicted molar refractivity (Wildman–Crippen MR) is 95.1 cm³/mol. The van der Waals surface area contributed by atoms with E-state index in [0.29, 0.717) is 0 Å². The van der Waals surface area contributed by atoms with E-state index in [1.165, 1.54) is 49.7 Å². The first-order chi connectivity index (χ1) is 11.4. The molecule has 0 unspecified atom stereocenters. The van der Waals surface area contributed by atoms with Gasteiger partial charge in [0, 0.05) is 5.54 Å². The van der Waals surface area contributed by atoms with E-state index in [9.17, 15) is 4.79 Å². The molecule has 3 heteroatoms. The van der Waals surface area contributed by atoms with Crippen molar-refractivity contribution in [3.05, 3.63) is 29.3 Å². The Kier molecular flexibility index (Phi) is 3.85. The van der Waals surface area contributed by atoms with Gasteiger partial charge in [0.1, 0.15) is 5.75 Å². The van der Waals surface area contributed by atoms with Gasteiger partial charge in [0.15, 0.2) is 6.10 Å². The van der Waals surface area contributed by atoms with Crippen LogP contribution in [0.4, 0.5) is 0 Å². The van der Waals surface area contributed by atoms with Gasteiger partial charge in [-0.2, -0.15) is 0 Å². The molecule has 1 aromatic rings. The Morgan fingerprint density at radius 2 is 1.54 bits per heavy atom. The molecular formula is C21H29NO2. The van der Waals surface area contributed by atoms with Crippen molar-refractivity contribution in [1.82, 2.24) is 5.32 Å². The molecule has 0 aromatic heterocycles. The summed E-state index contributed by atoms with van der Waals surface area (Å²) in [5.74, 6) is 3.36. The first-order valence-electron chi connectivity index (χ1n) is 9.48. The quantitative estimate of drug-likeness (QED) is 0.902. The first kappa shape index (κ1) is 16.0. The van der Waals surface area contributed by atoms with E-state index in [1.54, 1.807) is 0 Å². The van der Waals surface area contributed by atoms with E-state index < -0.39 is 6.10 Å². The van der Waals surface area contributed by atoms with Gasteiger partial charge < -0.3 is 10.1 Å². The molecule has 1 atom stereocenters. The lowest BCUT2D eigenvalue weighted by Crippen LogP contribution is -2.61. The van der Waals surface area contributed by atoms with Crippen LogP contribution in [-0.2, 0) is 4.79 Å². The SMILES string of the molecule is Cc1cc(C)cc(O[C@H](C)C(=O)NC23CC4CC(CC(C4)C2)C3)c1. The van der Waals surface area contributed by atoms with Crippen molar-refractivity contribution in [2.24, 2.45) is 17.8 Å². The summed E-state index contributed by atoms with van der Waals surface area (Å²) in [7, 11) is 0. The molecule has 0 heterocycles. The molecule has 4 aliphatic carbocycles. The third-order valence-electron chi connectivity index (χ3n) is 6.30. The van der Waals surface area contributed by atoms with Gasteiger partial charge >= 0.3 is 0 Å². The normalized spacial score (nSPS) is 34.9. The minimum atomic E-state index is -0.445. The largest absolute Gasteiger partial charge is 0.481 e. The highest BCUT2D eigenvalue weighted by Gasteiger charge is 2.51. The molecule has 1 amide bonds. The first-order valence-corrected chi connectivity index (χ1v) is 9.48. The standard InChI is InChI=1S/C21H29NO2/c1-13-4-14(2)6-19(5-13)24-15(3)20(23)22-21-10-16-7-17(11-21)9-18(8-16)12-21/h4-6,15-18H,7-12H2,1-3H3,(H,22,23)/t15-,16?,17?,18?,21?/m1/s1. The number of ether oxygens (including phenoxy) is 1. The average molecular weight is 327 g/mol. The zero-order valence-corrected chi connectivity index (χ0v) is 15.1. The fourth-order valence-electron chi connectivity index (χ4n) is 5.89. The highest BCUT2D eigenvalue weighted by Crippen LogP contribution is 2.55. The number of carbonyl (C=O) groups excluding carboxylic acids is 1. The molecule has 5 rings (SSSR count). The van der Waals surface area contributed by atoms with Crippen molar-refractivity contribution < 1.29 is 9.53 Å². The Bertz CT molecular complexity index is 596. The van der Waals surface area contributed by atoms with Crippen molar-refractivity contribution in [2.45, 2.75) is 70.9 Å². The number of hydrogen-bond acceptors (Lipinski definition) is 2. The summed E-state index contributed by atoms with van der Waals surface area (Å²) in [6.45, 7) is 5.98. The fourth-order valence-corrected chi connectivity index (χ4v) is 5.89. The van der Waals surface area contributed by atoms with Crippen molar-refractivity contribution in [1.29, 1.82) is 0 Å². The molecule has 4 aliphatic rings. The van der Waals surface area contributed by atoms with Gasteiger partial charge in [-0.05, 0) is 100 Å². The summed E-state index contributed by atoms with van der Waals surface area (Å²) in [6.07, 6.45) is 7.28. The predicted octanol–water partition coefficient (Wildman–Crippen LogP) is 4.16. The number of aryl methyl sites for hydroxylation is 2. The highest BCUT2D eigenvalue weighted by molar-refractivity contribution is 5.81. The third-order valence-corrected chi connectivity index (χ3v) is 6.30. The second-order valence-electron chi connectivity index (χ2n) is 8.77. The molecule has 3 nitrogen and oxygen atoms in total. The van der Waals surface area contributed by atoms with E-state index in [2.05, 4.69) is 25.2 Å². The van der Waals surface area contributed by atoms with E-state index in [-0.39, 0.29) is 11.4 Å². The summed E-state index contributed by atoms with van der Waals surface area (Å²) in [5.41, 5.74) is 2.39. The van der Waals surface area contributed by atoms with Gasteiger partial charge in [-0.25, -0.2) is 0 Å². The van der Waals surface area contributed by atoms with Gasteiger partial charge in [-0.1, -0.05) is 6.07 Å². The maximum absolute atomic E-state index is 12.8. The van der Waals surface area contributed by atoms with Crippen molar-refractivity contribution in [2.75, 3.05) is 0 Å². The van der Waals surface area contributed by atoms with E-state index in [4.69, 9.17) is 4.74 Å². The zero-order chi connectivity index (χ0) is 16.9. The summed E-state index contributed by atoms with van der Waals surface area (Å²) in [6, 6.07) is 6.12. The highest BCUT2D eigenvalue weighted by atomic mass is 16.5. The van der Waals surface area contributed by atoms with Crippen LogP contribution in [0.1, 0.15) is 56.6 Å². The number of benzene rings is 1. The number of rotatable bonds is 4. The number of carbonyl (C=O) groups is 1. The second kappa shape index (κ2) is 5.79. The van der Waals surface area contributed by atoms with Crippen molar-refractivity contribution in [3.8, 4) is 5.75 Å². The van der Waals surface area contributed by atoms with Crippen molar-refractivity contribution >= 4 is 5.91 Å². The lowest BCUT2D eigenvalue weighted by Gasteiger charge is -2.57. The molecule has 0 saturated heterocycles. The molecule has 130 valence electrons. The average Bonchev–Trinajstić information content (AvgIpc) is 2.43. The van der Waals surface area contributed by atoms with Crippen LogP contribution in [0.25, 0.3) is 0 Å². The maximum Gasteiger partial charge on any atom is 0.261 e. The zero-order valence-electron chi connectivity index (χ0n) is 15.1. The van der Waals surface area contributed by atoms with Crippen LogP contribution in [0.15, 0.2) is 18.2 Å². The molecule has 0 spiro atoms. The Balaban J connectivity index is 1.42. The Labute approximate surface area is 145 Å². The summed E-state index contributed by atoms with van der Waals surface area (Å²) in [5, 5.41) is 3.41. The fraction of sp³-hybridized carbons (Fsp3) is 0.667. The lowest BCUT2D eigenvalue weighted by atomic mass is 9.53. The smallest absolute Gasteiger partial charge is 0.261 e.